The maximum absolute atomic E-state index is 8.61. The summed E-state index contributed by atoms with van der Waals surface area (Å²) in [6, 6.07) is 7.04. The van der Waals surface area contributed by atoms with E-state index in [9.17, 15) is 0 Å². The van der Waals surface area contributed by atoms with Gasteiger partial charge in [0, 0.05) is 0 Å². The van der Waals surface area contributed by atoms with Gasteiger partial charge in [-0.2, -0.15) is 10.4 Å². The Bertz CT molecular complexity index is 486. The van der Waals surface area contributed by atoms with Crippen molar-refractivity contribution in [3.05, 3.63) is 28.8 Å². The van der Waals surface area contributed by atoms with Crippen molar-refractivity contribution in [3.8, 4) is 6.07 Å². The highest BCUT2D eigenvalue weighted by Gasteiger charge is 2.02. The number of halogens is 1. The highest BCUT2D eigenvalue weighted by molar-refractivity contribution is 6.45. The van der Waals surface area contributed by atoms with Crippen molar-refractivity contribution in [2.45, 2.75) is 6.92 Å². The molecule has 1 aromatic rings. The molecule has 0 saturated carbocycles. The summed E-state index contributed by atoms with van der Waals surface area (Å²) in [7, 11) is 0. The van der Waals surface area contributed by atoms with Gasteiger partial charge >= 0.3 is 0 Å². The average Bonchev–Trinajstić information content (AvgIpc) is 2.21. The predicted molar refractivity (Wildman–Crippen MR) is 64.8 cm³/mol. The minimum absolute atomic E-state index is 0.184. The molecular formula is C10H10ClN5. The molecule has 0 heterocycles. The summed E-state index contributed by atoms with van der Waals surface area (Å²) in [6.07, 6.45) is 0. The number of aryl methyl sites for hydroxylation is 1. The van der Waals surface area contributed by atoms with Gasteiger partial charge in [-0.15, -0.1) is 0 Å². The Morgan fingerprint density at radius 3 is 2.81 bits per heavy atom. The molecule has 0 aliphatic carbocycles. The minimum atomic E-state index is -0.391. The summed E-state index contributed by atoms with van der Waals surface area (Å²) in [6.45, 7) is 1.91. The number of anilines is 1. The van der Waals surface area contributed by atoms with Gasteiger partial charge in [-0.1, -0.05) is 17.7 Å². The molecular weight excluding hydrogens is 226 g/mol. The van der Waals surface area contributed by atoms with Crippen LogP contribution in [0.25, 0.3) is 0 Å². The molecule has 0 aliphatic rings. The van der Waals surface area contributed by atoms with Crippen LogP contribution in [-0.2, 0) is 0 Å². The van der Waals surface area contributed by atoms with Crippen LogP contribution in [0.4, 0.5) is 5.69 Å². The van der Waals surface area contributed by atoms with Gasteiger partial charge in [-0.05, 0) is 24.6 Å². The molecule has 0 bridgehead atoms. The number of amidine groups is 1. The summed E-state index contributed by atoms with van der Waals surface area (Å²) in [4.78, 5) is 0. The maximum Gasteiger partial charge on any atom is 0.201 e. The Labute approximate surface area is 98.0 Å². The van der Waals surface area contributed by atoms with Crippen molar-refractivity contribution < 1.29 is 0 Å². The average molecular weight is 236 g/mol. The first-order valence-corrected chi connectivity index (χ1v) is 4.76. The van der Waals surface area contributed by atoms with E-state index in [0.29, 0.717) is 10.7 Å². The van der Waals surface area contributed by atoms with E-state index in [1.165, 1.54) is 0 Å². The maximum atomic E-state index is 8.61. The van der Waals surface area contributed by atoms with Gasteiger partial charge in [-0.25, -0.2) is 0 Å². The standard InChI is InChI=1S/C10H10ClN5/c1-6-2-3-8(7(11)4-6)15-16-9(5-12)10(13)14/h2-4,15H,1H3,(H3,13,14)/b16-9+. The Balaban J connectivity index is 2.90. The predicted octanol–water partition coefficient (Wildman–Crippen LogP) is 1.88. The van der Waals surface area contributed by atoms with Gasteiger partial charge in [0.2, 0.25) is 5.71 Å². The lowest BCUT2D eigenvalue weighted by atomic mass is 10.2. The normalized spacial score (nSPS) is 10.7. The largest absolute Gasteiger partial charge is 0.382 e. The zero-order valence-electron chi connectivity index (χ0n) is 8.58. The molecule has 16 heavy (non-hydrogen) atoms. The first-order chi connectivity index (χ1) is 7.54. The number of nitrogens with two attached hydrogens (primary N) is 1. The number of hydrazone groups is 1. The monoisotopic (exact) mass is 235 g/mol. The lowest BCUT2D eigenvalue weighted by Crippen LogP contribution is -2.21. The lowest BCUT2D eigenvalue weighted by Gasteiger charge is -2.04. The third kappa shape index (κ3) is 2.97. The molecule has 1 aromatic carbocycles. The third-order valence-corrected chi connectivity index (χ3v) is 2.09. The zero-order chi connectivity index (χ0) is 12.1. The van der Waals surface area contributed by atoms with Gasteiger partial charge in [0.25, 0.3) is 0 Å². The van der Waals surface area contributed by atoms with Gasteiger partial charge in [-0.3, -0.25) is 10.8 Å². The molecule has 0 saturated heterocycles. The second-order valence-electron chi connectivity index (χ2n) is 3.08. The van der Waals surface area contributed by atoms with Gasteiger partial charge in [0.05, 0.1) is 10.7 Å². The number of nitrogens with one attached hydrogen (secondary N) is 2. The molecule has 0 aliphatic heterocycles. The van der Waals surface area contributed by atoms with E-state index < -0.39 is 5.84 Å². The van der Waals surface area contributed by atoms with Gasteiger partial charge < -0.3 is 5.73 Å². The van der Waals surface area contributed by atoms with E-state index in [1.807, 2.05) is 13.0 Å². The fourth-order valence-corrected chi connectivity index (χ4v) is 1.25. The van der Waals surface area contributed by atoms with E-state index in [-0.39, 0.29) is 5.71 Å². The molecule has 0 aromatic heterocycles. The summed E-state index contributed by atoms with van der Waals surface area (Å²) < 4.78 is 0. The highest BCUT2D eigenvalue weighted by Crippen LogP contribution is 2.22. The first kappa shape index (κ1) is 12.0. The van der Waals surface area contributed by atoms with Gasteiger partial charge in [0.1, 0.15) is 6.07 Å². The quantitative estimate of drug-likeness (QED) is 0.424. The number of benzene rings is 1. The van der Waals surface area contributed by atoms with Gasteiger partial charge in [0.15, 0.2) is 5.84 Å². The first-order valence-electron chi connectivity index (χ1n) is 4.39. The summed E-state index contributed by atoms with van der Waals surface area (Å²) in [5, 5.41) is 19.8. The summed E-state index contributed by atoms with van der Waals surface area (Å²) in [5.74, 6) is -0.391. The number of hydrogen-bond acceptors (Lipinski definition) is 4. The van der Waals surface area contributed by atoms with Crippen LogP contribution < -0.4 is 11.2 Å². The fraction of sp³-hybridized carbons (Fsp3) is 0.100. The smallest absolute Gasteiger partial charge is 0.201 e. The number of nitrogens with zero attached hydrogens (tertiary/aromatic N) is 2. The van der Waals surface area contributed by atoms with Crippen molar-refractivity contribution in [1.82, 2.24) is 0 Å². The molecule has 4 N–H and O–H groups in total. The van der Waals surface area contributed by atoms with Crippen LogP contribution in [0, 0.1) is 23.7 Å². The molecule has 0 fully saturated rings. The van der Waals surface area contributed by atoms with E-state index in [1.54, 1.807) is 18.2 Å². The number of hydrogen-bond donors (Lipinski definition) is 3. The summed E-state index contributed by atoms with van der Waals surface area (Å²) in [5.41, 5.74) is 9.11. The van der Waals surface area contributed by atoms with Crippen LogP contribution in [0.3, 0.4) is 0 Å². The number of rotatable bonds is 3. The molecule has 0 radical (unpaired) electrons. The second-order valence-corrected chi connectivity index (χ2v) is 3.49. The van der Waals surface area contributed by atoms with E-state index >= 15 is 0 Å². The molecule has 82 valence electrons. The van der Waals surface area contributed by atoms with Crippen molar-refractivity contribution in [2.24, 2.45) is 10.8 Å². The van der Waals surface area contributed by atoms with E-state index in [2.05, 4.69) is 10.5 Å². The van der Waals surface area contributed by atoms with Crippen LogP contribution in [0.15, 0.2) is 23.3 Å². The van der Waals surface area contributed by atoms with Crippen molar-refractivity contribution >= 4 is 28.8 Å². The topological polar surface area (TPSA) is 98.0 Å². The van der Waals surface area contributed by atoms with Crippen LogP contribution in [0.2, 0.25) is 5.02 Å². The molecule has 0 unspecified atom stereocenters. The van der Waals surface area contributed by atoms with Crippen LogP contribution in [0.1, 0.15) is 5.56 Å². The molecule has 0 amide bonds. The Morgan fingerprint density at radius 1 is 1.62 bits per heavy atom. The zero-order valence-corrected chi connectivity index (χ0v) is 9.34. The van der Waals surface area contributed by atoms with Crippen LogP contribution in [0.5, 0.6) is 0 Å². The molecule has 5 nitrogen and oxygen atoms in total. The van der Waals surface area contributed by atoms with Crippen LogP contribution >= 0.6 is 11.6 Å². The molecule has 6 heteroatoms. The Kier molecular flexibility index (Phi) is 3.86. The SMILES string of the molecule is Cc1ccc(N/N=C(\C#N)C(=N)N)c(Cl)c1. The highest BCUT2D eigenvalue weighted by atomic mass is 35.5. The lowest BCUT2D eigenvalue weighted by molar-refractivity contribution is 1.32. The third-order valence-electron chi connectivity index (χ3n) is 1.77. The van der Waals surface area contributed by atoms with Crippen molar-refractivity contribution in [3.63, 3.8) is 0 Å². The Hall–Kier alpha value is -2.06. The number of nitriles is 1. The van der Waals surface area contributed by atoms with Crippen molar-refractivity contribution in [2.75, 3.05) is 5.43 Å². The minimum Gasteiger partial charge on any atom is -0.382 e. The molecule has 0 atom stereocenters. The van der Waals surface area contributed by atoms with E-state index in [4.69, 9.17) is 28.0 Å². The van der Waals surface area contributed by atoms with Crippen molar-refractivity contribution in [1.29, 1.82) is 10.7 Å². The second kappa shape index (κ2) is 5.14. The summed E-state index contributed by atoms with van der Waals surface area (Å²) >= 11 is 5.94. The fourth-order valence-electron chi connectivity index (χ4n) is 0.972. The Morgan fingerprint density at radius 2 is 2.31 bits per heavy atom. The molecule has 0 spiro atoms. The molecule has 1 rings (SSSR count). The van der Waals surface area contributed by atoms with Crippen LogP contribution in [-0.4, -0.2) is 11.5 Å². The van der Waals surface area contributed by atoms with E-state index in [0.717, 1.165) is 5.56 Å².